The fraction of sp³-hybridized carbons (Fsp3) is 0.167. The van der Waals surface area contributed by atoms with Gasteiger partial charge in [0.05, 0.1) is 14.2 Å². The molecule has 0 spiro atoms. The first-order valence-electron chi connectivity index (χ1n) is 7.23. The van der Waals surface area contributed by atoms with Crippen LogP contribution in [0.2, 0.25) is 0 Å². The Morgan fingerprint density at radius 2 is 1.88 bits per heavy atom. The Bertz CT molecular complexity index is 727. The zero-order chi connectivity index (χ0) is 17.4. The number of nitrogens with one attached hydrogen (secondary N) is 1. The topological polar surface area (TPSA) is 77.0 Å². The molecule has 0 aliphatic carbocycles. The van der Waals surface area contributed by atoms with Crippen LogP contribution in [0.4, 0.5) is 5.69 Å². The molecule has 2 rings (SSSR count). The van der Waals surface area contributed by atoms with E-state index in [4.69, 9.17) is 14.7 Å². The number of benzene rings is 2. The first kappa shape index (κ1) is 17.5. The number of rotatable bonds is 7. The van der Waals surface area contributed by atoms with E-state index in [1.165, 1.54) is 6.08 Å². The quantitative estimate of drug-likeness (QED) is 0.463. The number of carbonyl (C=O) groups excluding carboxylic acids is 1. The third-order valence-electron chi connectivity index (χ3n) is 3.33. The second-order valence-electron chi connectivity index (χ2n) is 4.87. The maximum absolute atomic E-state index is 12.1. The molecule has 126 valence electrons. The average Bonchev–Trinajstić information content (AvgIpc) is 2.61. The number of carbonyl (C=O) groups is 1. The van der Waals surface area contributed by atoms with E-state index in [-0.39, 0.29) is 12.5 Å². The highest BCUT2D eigenvalue weighted by Crippen LogP contribution is 2.28. The van der Waals surface area contributed by atoms with Crippen molar-refractivity contribution >= 4 is 17.7 Å². The van der Waals surface area contributed by atoms with E-state index < -0.39 is 0 Å². The predicted molar refractivity (Wildman–Crippen MR) is 91.1 cm³/mol. The summed E-state index contributed by atoms with van der Waals surface area (Å²) >= 11 is 0. The second kappa shape index (κ2) is 8.71. The standard InChI is InChI=1S/C18H19NO5/c1-22-16-9-7-13(11-17(16)23-2)8-10-18(20)19-15-6-4-3-5-14(15)12-24-21/h3-11,21H,12H2,1-2H3,(H,19,20). The van der Waals surface area contributed by atoms with E-state index in [2.05, 4.69) is 10.2 Å². The van der Waals surface area contributed by atoms with Crippen LogP contribution >= 0.6 is 0 Å². The molecule has 0 heterocycles. The summed E-state index contributed by atoms with van der Waals surface area (Å²) in [5.74, 6) is 0.915. The van der Waals surface area contributed by atoms with Crippen LogP contribution in [0.15, 0.2) is 48.5 Å². The molecule has 0 fully saturated rings. The Kier molecular flexibility index (Phi) is 6.36. The van der Waals surface area contributed by atoms with Crippen molar-refractivity contribution in [2.24, 2.45) is 0 Å². The van der Waals surface area contributed by atoms with Gasteiger partial charge in [-0.05, 0) is 29.8 Å². The van der Waals surface area contributed by atoms with Crippen LogP contribution in [0, 0.1) is 0 Å². The number of hydrogen-bond acceptors (Lipinski definition) is 5. The van der Waals surface area contributed by atoms with E-state index in [1.807, 2.05) is 6.07 Å². The largest absolute Gasteiger partial charge is 0.493 e. The highest BCUT2D eigenvalue weighted by Gasteiger charge is 2.05. The number of hydrogen-bond donors (Lipinski definition) is 2. The third kappa shape index (κ3) is 4.58. The van der Waals surface area contributed by atoms with Crippen LogP contribution in [0.25, 0.3) is 6.08 Å². The third-order valence-corrected chi connectivity index (χ3v) is 3.33. The lowest BCUT2D eigenvalue weighted by molar-refractivity contribution is -0.252. The number of amides is 1. The SMILES string of the molecule is COc1ccc(C=CC(=O)Nc2ccccc2COO)cc1OC. The van der Waals surface area contributed by atoms with Gasteiger partial charge >= 0.3 is 0 Å². The maximum Gasteiger partial charge on any atom is 0.248 e. The highest BCUT2D eigenvalue weighted by atomic mass is 17.1. The van der Waals surface area contributed by atoms with Gasteiger partial charge in [-0.1, -0.05) is 24.3 Å². The lowest BCUT2D eigenvalue weighted by Gasteiger charge is -2.08. The lowest BCUT2D eigenvalue weighted by atomic mass is 10.1. The Balaban J connectivity index is 2.08. The average molecular weight is 329 g/mol. The Hall–Kier alpha value is -2.83. The molecule has 1 amide bonds. The summed E-state index contributed by atoms with van der Waals surface area (Å²) in [4.78, 5) is 16.2. The fourth-order valence-corrected chi connectivity index (χ4v) is 2.14. The zero-order valence-corrected chi connectivity index (χ0v) is 13.5. The van der Waals surface area contributed by atoms with E-state index in [9.17, 15) is 4.79 Å². The molecule has 0 aliphatic heterocycles. The van der Waals surface area contributed by atoms with Crippen molar-refractivity contribution in [1.82, 2.24) is 0 Å². The molecule has 0 aliphatic rings. The number of ether oxygens (including phenoxy) is 2. The predicted octanol–water partition coefficient (Wildman–Crippen LogP) is 3.35. The van der Waals surface area contributed by atoms with Gasteiger partial charge < -0.3 is 14.8 Å². The Morgan fingerprint density at radius 3 is 2.58 bits per heavy atom. The molecule has 6 heteroatoms. The lowest BCUT2D eigenvalue weighted by Crippen LogP contribution is -2.10. The molecule has 0 bridgehead atoms. The van der Waals surface area contributed by atoms with Gasteiger partial charge in [0.25, 0.3) is 0 Å². The van der Waals surface area contributed by atoms with Crippen molar-refractivity contribution in [1.29, 1.82) is 0 Å². The molecule has 2 N–H and O–H groups in total. The van der Waals surface area contributed by atoms with Crippen LogP contribution in [0.5, 0.6) is 11.5 Å². The van der Waals surface area contributed by atoms with E-state index in [0.29, 0.717) is 22.7 Å². The van der Waals surface area contributed by atoms with Gasteiger partial charge in [0.1, 0.15) is 6.61 Å². The van der Waals surface area contributed by atoms with Gasteiger partial charge in [-0.3, -0.25) is 10.1 Å². The van der Waals surface area contributed by atoms with Gasteiger partial charge in [-0.15, -0.1) is 0 Å². The minimum absolute atomic E-state index is 0.00412. The molecule has 0 saturated heterocycles. The van der Waals surface area contributed by atoms with Crippen LogP contribution in [-0.4, -0.2) is 25.4 Å². The molecule has 0 saturated carbocycles. The molecule has 0 unspecified atom stereocenters. The number of anilines is 1. The van der Waals surface area contributed by atoms with Crippen molar-refractivity contribution in [2.45, 2.75) is 6.61 Å². The summed E-state index contributed by atoms with van der Waals surface area (Å²) in [6.45, 7) is -0.00412. The molecule has 0 atom stereocenters. The summed E-state index contributed by atoms with van der Waals surface area (Å²) in [5.41, 5.74) is 2.05. The molecule has 24 heavy (non-hydrogen) atoms. The minimum Gasteiger partial charge on any atom is -0.493 e. The number of methoxy groups -OCH3 is 2. The fourth-order valence-electron chi connectivity index (χ4n) is 2.14. The van der Waals surface area contributed by atoms with Crippen LogP contribution < -0.4 is 14.8 Å². The smallest absolute Gasteiger partial charge is 0.248 e. The monoisotopic (exact) mass is 329 g/mol. The molecule has 0 radical (unpaired) electrons. The van der Waals surface area contributed by atoms with Gasteiger partial charge in [0.15, 0.2) is 11.5 Å². The second-order valence-corrected chi connectivity index (χ2v) is 4.87. The van der Waals surface area contributed by atoms with Gasteiger partial charge in [0.2, 0.25) is 5.91 Å². The Morgan fingerprint density at radius 1 is 1.12 bits per heavy atom. The molecule has 6 nitrogen and oxygen atoms in total. The molecule has 2 aromatic rings. The van der Waals surface area contributed by atoms with E-state index in [1.54, 1.807) is 56.7 Å². The van der Waals surface area contributed by atoms with Gasteiger partial charge in [0, 0.05) is 17.3 Å². The summed E-state index contributed by atoms with van der Waals surface area (Å²) in [7, 11) is 3.12. The van der Waals surface area contributed by atoms with Crippen LogP contribution in [0.1, 0.15) is 11.1 Å². The van der Waals surface area contributed by atoms with E-state index in [0.717, 1.165) is 5.56 Å². The first-order valence-corrected chi connectivity index (χ1v) is 7.23. The summed E-state index contributed by atoms with van der Waals surface area (Å²) in [5, 5.41) is 11.3. The summed E-state index contributed by atoms with van der Waals surface area (Å²) in [6.07, 6.45) is 3.08. The zero-order valence-electron chi connectivity index (χ0n) is 13.5. The van der Waals surface area contributed by atoms with Crippen LogP contribution in [0.3, 0.4) is 0 Å². The van der Waals surface area contributed by atoms with Crippen molar-refractivity contribution in [3.8, 4) is 11.5 Å². The molecule has 2 aromatic carbocycles. The Labute approximate surface area is 140 Å². The molecular weight excluding hydrogens is 310 g/mol. The number of para-hydroxylation sites is 1. The van der Waals surface area contributed by atoms with Crippen molar-refractivity contribution in [3.63, 3.8) is 0 Å². The summed E-state index contributed by atoms with van der Waals surface area (Å²) < 4.78 is 10.4. The molecular formula is C18H19NO5. The summed E-state index contributed by atoms with van der Waals surface area (Å²) in [6, 6.07) is 12.4. The molecule has 0 aromatic heterocycles. The van der Waals surface area contributed by atoms with Gasteiger partial charge in [-0.25, -0.2) is 4.89 Å². The normalized spacial score (nSPS) is 10.6. The van der Waals surface area contributed by atoms with Crippen molar-refractivity contribution < 1.29 is 24.4 Å². The van der Waals surface area contributed by atoms with E-state index >= 15 is 0 Å². The first-order chi connectivity index (χ1) is 11.7. The van der Waals surface area contributed by atoms with Crippen molar-refractivity contribution in [3.05, 3.63) is 59.7 Å². The maximum atomic E-state index is 12.1. The highest BCUT2D eigenvalue weighted by molar-refractivity contribution is 6.02. The van der Waals surface area contributed by atoms with Crippen molar-refractivity contribution in [2.75, 3.05) is 19.5 Å². The minimum atomic E-state index is -0.296. The van der Waals surface area contributed by atoms with Crippen LogP contribution in [-0.2, 0) is 16.3 Å². The van der Waals surface area contributed by atoms with Gasteiger partial charge in [-0.2, -0.15) is 0 Å².